The molecular formula is C19H18F6N4S2. The van der Waals surface area contributed by atoms with Crippen molar-refractivity contribution in [2.45, 2.75) is 25.3 Å². The lowest BCUT2D eigenvalue weighted by Gasteiger charge is -2.19. The van der Waals surface area contributed by atoms with Gasteiger partial charge in [-0.1, -0.05) is 12.1 Å². The van der Waals surface area contributed by atoms with Crippen LogP contribution in [-0.2, 0) is 12.4 Å². The molecule has 0 bridgehead atoms. The average Bonchev–Trinajstić information content (AvgIpc) is 2.65. The molecule has 31 heavy (non-hydrogen) atoms. The molecule has 168 valence electrons. The van der Waals surface area contributed by atoms with Crippen LogP contribution in [0.4, 0.5) is 37.7 Å². The Morgan fingerprint density at radius 3 is 1.71 bits per heavy atom. The Morgan fingerprint density at radius 2 is 1.26 bits per heavy atom. The van der Waals surface area contributed by atoms with Crippen LogP contribution >= 0.6 is 24.4 Å². The maximum Gasteiger partial charge on any atom is 0.416 e. The maximum absolute atomic E-state index is 12.8. The van der Waals surface area contributed by atoms with E-state index in [0.717, 1.165) is 24.3 Å². The van der Waals surface area contributed by atoms with Crippen molar-refractivity contribution >= 4 is 46.0 Å². The molecule has 0 saturated carbocycles. The SMILES string of the molecule is C[C@H](CNC(=S)Nc1cccc(C(F)(F)F)c1)NC(=S)Nc1cccc(C(F)(F)F)c1. The summed E-state index contributed by atoms with van der Waals surface area (Å²) in [5, 5.41) is 11.2. The van der Waals surface area contributed by atoms with Crippen LogP contribution in [-0.4, -0.2) is 22.8 Å². The van der Waals surface area contributed by atoms with Crippen molar-refractivity contribution in [3.63, 3.8) is 0 Å². The molecule has 0 aromatic heterocycles. The molecular weight excluding hydrogens is 462 g/mol. The maximum atomic E-state index is 12.8. The second-order valence-electron chi connectivity index (χ2n) is 6.49. The fourth-order valence-electron chi connectivity index (χ4n) is 2.41. The molecule has 0 aliphatic rings. The van der Waals surface area contributed by atoms with Crippen molar-refractivity contribution in [3.8, 4) is 0 Å². The van der Waals surface area contributed by atoms with Crippen molar-refractivity contribution in [1.82, 2.24) is 10.6 Å². The molecule has 0 heterocycles. The molecule has 0 aliphatic heterocycles. The van der Waals surface area contributed by atoms with Crippen molar-refractivity contribution in [1.29, 1.82) is 0 Å². The van der Waals surface area contributed by atoms with Gasteiger partial charge in [-0.3, -0.25) is 0 Å². The summed E-state index contributed by atoms with van der Waals surface area (Å²) < 4.78 is 76.6. The van der Waals surface area contributed by atoms with Crippen LogP contribution in [0.2, 0.25) is 0 Å². The second kappa shape index (κ2) is 10.1. The number of rotatable bonds is 5. The molecule has 4 N–H and O–H groups in total. The summed E-state index contributed by atoms with van der Waals surface area (Å²) in [5.41, 5.74) is -1.26. The molecule has 12 heteroatoms. The highest BCUT2D eigenvalue weighted by atomic mass is 32.1. The summed E-state index contributed by atoms with van der Waals surface area (Å²) in [5.74, 6) is 0. The number of halogens is 6. The van der Waals surface area contributed by atoms with Gasteiger partial charge in [0.15, 0.2) is 10.2 Å². The number of benzene rings is 2. The number of thiocarbonyl (C=S) groups is 2. The van der Waals surface area contributed by atoms with Gasteiger partial charge in [0.1, 0.15) is 0 Å². The van der Waals surface area contributed by atoms with Crippen LogP contribution in [0.25, 0.3) is 0 Å². The van der Waals surface area contributed by atoms with Gasteiger partial charge in [0, 0.05) is 24.0 Å². The van der Waals surface area contributed by atoms with Crippen LogP contribution < -0.4 is 21.3 Å². The van der Waals surface area contributed by atoms with Crippen molar-refractivity contribution in [3.05, 3.63) is 59.7 Å². The van der Waals surface area contributed by atoms with E-state index in [0.29, 0.717) is 0 Å². The number of nitrogens with one attached hydrogen (secondary N) is 4. The Labute approximate surface area is 185 Å². The molecule has 0 amide bonds. The highest BCUT2D eigenvalue weighted by molar-refractivity contribution is 7.80. The zero-order valence-corrected chi connectivity index (χ0v) is 17.6. The van der Waals surface area contributed by atoms with Gasteiger partial charge in [0.05, 0.1) is 11.1 Å². The average molecular weight is 481 g/mol. The van der Waals surface area contributed by atoms with Gasteiger partial charge in [-0.2, -0.15) is 26.3 Å². The fourth-order valence-corrected chi connectivity index (χ4v) is 2.93. The van der Waals surface area contributed by atoms with Crippen molar-refractivity contribution in [2.24, 2.45) is 0 Å². The molecule has 0 aliphatic carbocycles. The number of hydrogen-bond acceptors (Lipinski definition) is 2. The van der Waals surface area contributed by atoms with E-state index in [1.807, 2.05) is 0 Å². The Morgan fingerprint density at radius 1 is 0.806 bits per heavy atom. The Balaban J connectivity index is 1.82. The molecule has 0 saturated heterocycles. The Bertz CT molecular complexity index is 930. The summed E-state index contributed by atoms with van der Waals surface area (Å²) in [4.78, 5) is 0. The van der Waals surface area contributed by atoms with E-state index in [2.05, 4.69) is 21.3 Å². The largest absolute Gasteiger partial charge is 0.416 e. The van der Waals surface area contributed by atoms with Gasteiger partial charge in [0.2, 0.25) is 0 Å². The number of anilines is 2. The number of hydrogen-bond donors (Lipinski definition) is 4. The summed E-state index contributed by atoms with van der Waals surface area (Å²) in [6.07, 6.45) is -8.93. The Hall–Kier alpha value is -2.60. The van der Waals surface area contributed by atoms with Gasteiger partial charge in [-0.05, 0) is 67.8 Å². The van der Waals surface area contributed by atoms with Gasteiger partial charge in [0.25, 0.3) is 0 Å². The minimum atomic E-state index is -4.47. The summed E-state index contributed by atoms with van der Waals surface area (Å²) >= 11 is 10.2. The second-order valence-corrected chi connectivity index (χ2v) is 7.31. The highest BCUT2D eigenvalue weighted by Gasteiger charge is 2.31. The van der Waals surface area contributed by atoms with Crippen molar-refractivity contribution < 1.29 is 26.3 Å². The highest BCUT2D eigenvalue weighted by Crippen LogP contribution is 2.31. The minimum absolute atomic E-state index is 0.102. The van der Waals surface area contributed by atoms with Crippen LogP contribution in [0.5, 0.6) is 0 Å². The van der Waals surface area contributed by atoms with E-state index in [9.17, 15) is 26.3 Å². The first-order valence-electron chi connectivity index (χ1n) is 8.81. The fraction of sp³-hybridized carbons (Fsp3) is 0.263. The third-order valence-corrected chi connectivity index (χ3v) is 4.31. The minimum Gasteiger partial charge on any atom is -0.360 e. The molecule has 1 atom stereocenters. The zero-order valence-electron chi connectivity index (χ0n) is 16.0. The van der Waals surface area contributed by atoms with Crippen LogP contribution in [0.15, 0.2) is 48.5 Å². The van der Waals surface area contributed by atoms with E-state index in [4.69, 9.17) is 24.4 Å². The first-order chi connectivity index (χ1) is 14.3. The molecule has 2 aromatic carbocycles. The monoisotopic (exact) mass is 480 g/mol. The van der Waals surface area contributed by atoms with Gasteiger partial charge >= 0.3 is 12.4 Å². The van der Waals surface area contributed by atoms with E-state index in [1.54, 1.807) is 6.92 Å². The molecule has 4 nitrogen and oxygen atoms in total. The quantitative estimate of drug-likeness (QED) is 0.340. The lowest BCUT2D eigenvalue weighted by molar-refractivity contribution is -0.138. The van der Waals surface area contributed by atoms with Gasteiger partial charge in [-0.25, -0.2) is 0 Å². The molecule has 0 fully saturated rings. The molecule has 2 aromatic rings. The molecule has 0 unspecified atom stereocenters. The predicted molar refractivity (Wildman–Crippen MR) is 116 cm³/mol. The topological polar surface area (TPSA) is 48.1 Å². The molecule has 0 spiro atoms. The first-order valence-corrected chi connectivity index (χ1v) is 9.63. The van der Waals surface area contributed by atoms with E-state index >= 15 is 0 Å². The molecule has 2 rings (SSSR count). The summed E-state index contributed by atoms with van der Waals surface area (Å²) in [6.45, 7) is 1.98. The van der Waals surface area contributed by atoms with Crippen LogP contribution in [0, 0.1) is 0 Å². The van der Waals surface area contributed by atoms with Gasteiger partial charge in [-0.15, -0.1) is 0 Å². The third kappa shape index (κ3) is 8.21. The smallest absolute Gasteiger partial charge is 0.360 e. The first kappa shape index (κ1) is 24.7. The lowest BCUT2D eigenvalue weighted by atomic mass is 10.2. The van der Waals surface area contributed by atoms with E-state index in [1.165, 1.54) is 24.3 Å². The predicted octanol–water partition coefficient (Wildman–Crippen LogP) is 5.39. The molecule has 0 radical (unpaired) electrons. The number of alkyl halides is 6. The third-order valence-electron chi connectivity index (χ3n) is 3.84. The van der Waals surface area contributed by atoms with Gasteiger partial charge < -0.3 is 21.3 Å². The van der Waals surface area contributed by atoms with Crippen LogP contribution in [0.1, 0.15) is 18.1 Å². The normalized spacial score (nSPS) is 12.6. The Kier molecular flexibility index (Phi) is 8.07. The van der Waals surface area contributed by atoms with E-state index < -0.39 is 23.5 Å². The van der Waals surface area contributed by atoms with Crippen molar-refractivity contribution in [2.75, 3.05) is 17.2 Å². The van der Waals surface area contributed by atoms with E-state index in [-0.39, 0.29) is 34.2 Å². The summed E-state index contributed by atoms with van der Waals surface area (Å²) in [6, 6.07) is 8.88. The van der Waals surface area contributed by atoms with Crippen LogP contribution in [0.3, 0.4) is 0 Å². The summed E-state index contributed by atoms with van der Waals surface area (Å²) in [7, 11) is 0. The zero-order chi connectivity index (χ0) is 23.2. The standard InChI is InChI=1S/C19H18F6N4S2/c1-11(27-17(31)29-15-7-3-5-13(9-15)19(23,24)25)10-26-16(30)28-14-6-2-4-12(8-14)18(20,21)22/h2-9,11H,10H2,1H3,(H2,26,28,30)(H2,27,29,31)/t11-/m1/s1. The lowest BCUT2D eigenvalue weighted by Crippen LogP contribution is -2.44.